The minimum Gasteiger partial charge on any atom is -0.328 e. The van der Waals surface area contributed by atoms with E-state index >= 15 is 0 Å². The number of carbonyl (C=O) groups excluding carboxylic acids is 2. The lowest BCUT2D eigenvalue weighted by atomic mass is 10.1. The fraction of sp³-hybridized carbons (Fsp3) is 0.167. The lowest BCUT2D eigenvalue weighted by Crippen LogP contribution is -2.52. The molecule has 2 aromatic heterocycles. The van der Waals surface area contributed by atoms with E-state index in [-0.39, 0.29) is 18.4 Å². The summed E-state index contributed by atoms with van der Waals surface area (Å²) in [7, 11) is 0. The zero-order chi connectivity index (χ0) is 18.4. The summed E-state index contributed by atoms with van der Waals surface area (Å²) in [5, 5.41) is 15.3. The second kappa shape index (κ2) is 5.90. The molecule has 0 unspecified atom stereocenters. The number of hydrogen-bond donors (Lipinski definition) is 1. The standard InChI is InChI=1S/C18H14N6O3/c25-17-10-23(18(26)11-1-3-15-16(8-11)22-27-21-15)5-6-24(17)13-2-4-14-12(7-13)9-19-20-14/h1-4,7-9H,5-6,10H2,(H,19,20). The topological polar surface area (TPSA) is 108 Å². The van der Waals surface area contributed by atoms with Gasteiger partial charge in [-0.15, -0.1) is 0 Å². The van der Waals surface area contributed by atoms with Crippen molar-refractivity contribution in [3.8, 4) is 0 Å². The summed E-state index contributed by atoms with van der Waals surface area (Å²) in [5.41, 5.74) is 3.27. The van der Waals surface area contributed by atoms with Gasteiger partial charge in [0.2, 0.25) is 5.91 Å². The molecule has 1 saturated heterocycles. The number of amides is 2. The summed E-state index contributed by atoms with van der Waals surface area (Å²) in [6.07, 6.45) is 1.72. The van der Waals surface area contributed by atoms with Gasteiger partial charge in [0.25, 0.3) is 5.91 Å². The van der Waals surface area contributed by atoms with Gasteiger partial charge < -0.3 is 9.80 Å². The first kappa shape index (κ1) is 15.5. The van der Waals surface area contributed by atoms with Crippen LogP contribution >= 0.6 is 0 Å². The fourth-order valence-corrected chi connectivity index (χ4v) is 3.32. The molecule has 0 atom stereocenters. The van der Waals surface area contributed by atoms with E-state index < -0.39 is 0 Å². The third kappa shape index (κ3) is 2.60. The molecule has 3 heterocycles. The molecular formula is C18H14N6O3. The number of benzene rings is 2. The van der Waals surface area contributed by atoms with E-state index in [9.17, 15) is 9.59 Å². The highest BCUT2D eigenvalue weighted by molar-refractivity contribution is 6.03. The van der Waals surface area contributed by atoms with Crippen molar-refractivity contribution >= 4 is 39.4 Å². The molecule has 1 aliphatic rings. The minimum absolute atomic E-state index is 0.0252. The van der Waals surface area contributed by atoms with E-state index in [0.29, 0.717) is 29.7 Å². The van der Waals surface area contributed by atoms with E-state index in [2.05, 4.69) is 25.1 Å². The van der Waals surface area contributed by atoms with Gasteiger partial charge in [0, 0.05) is 29.7 Å². The van der Waals surface area contributed by atoms with Crippen LogP contribution in [0.1, 0.15) is 10.4 Å². The van der Waals surface area contributed by atoms with Crippen LogP contribution in [0.2, 0.25) is 0 Å². The Labute approximate surface area is 152 Å². The summed E-state index contributed by atoms with van der Waals surface area (Å²) in [6, 6.07) is 10.7. The number of piperazine rings is 1. The second-order valence-corrected chi connectivity index (χ2v) is 6.38. The molecule has 134 valence electrons. The van der Waals surface area contributed by atoms with Crippen LogP contribution in [0.15, 0.2) is 47.2 Å². The molecule has 0 saturated carbocycles. The molecule has 5 rings (SSSR count). The van der Waals surface area contributed by atoms with Gasteiger partial charge in [0.15, 0.2) is 0 Å². The lowest BCUT2D eigenvalue weighted by Gasteiger charge is -2.34. The third-order valence-electron chi connectivity index (χ3n) is 4.74. The summed E-state index contributed by atoms with van der Waals surface area (Å²) >= 11 is 0. The normalized spacial score (nSPS) is 15.0. The summed E-state index contributed by atoms with van der Waals surface area (Å²) < 4.78 is 4.66. The Bertz CT molecular complexity index is 1180. The van der Waals surface area contributed by atoms with Crippen LogP contribution in [0.5, 0.6) is 0 Å². The largest absolute Gasteiger partial charge is 0.328 e. The van der Waals surface area contributed by atoms with Crippen molar-refractivity contribution in [2.45, 2.75) is 0 Å². The number of carbonyl (C=O) groups is 2. The van der Waals surface area contributed by atoms with Gasteiger partial charge in [-0.2, -0.15) is 5.10 Å². The number of anilines is 1. The second-order valence-electron chi connectivity index (χ2n) is 6.38. The molecule has 1 aliphatic heterocycles. The third-order valence-corrected chi connectivity index (χ3v) is 4.74. The number of aromatic nitrogens is 4. The van der Waals surface area contributed by atoms with Crippen molar-refractivity contribution in [1.29, 1.82) is 0 Å². The highest BCUT2D eigenvalue weighted by atomic mass is 16.6. The molecule has 0 aliphatic carbocycles. The monoisotopic (exact) mass is 362 g/mol. The Morgan fingerprint density at radius 1 is 1.07 bits per heavy atom. The molecule has 1 fully saturated rings. The highest BCUT2D eigenvalue weighted by Crippen LogP contribution is 2.23. The molecule has 2 amide bonds. The Balaban J connectivity index is 1.35. The van der Waals surface area contributed by atoms with Crippen LogP contribution < -0.4 is 4.90 Å². The average Bonchev–Trinajstić information content (AvgIpc) is 3.35. The van der Waals surface area contributed by atoms with E-state index in [1.807, 2.05) is 18.2 Å². The van der Waals surface area contributed by atoms with Crippen molar-refractivity contribution in [3.63, 3.8) is 0 Å². The van der Waals surface area contributed by atoms with Crippen molar-refractivity contribution in [3.05, 3.63) is 48.2 Å². The molecular weight excluding hydrogens is 348 g/mol. The Hall–Kier alpha value is -3.75. The summed E-state index contributed by atoms with van der Waals surface area (Å²) in [6.45, 7) is 0.905. The zero-order valence-electron chi connectivity index (χ0n) is 14.1. The number of hydrogen-bond acceptors (Lipinski definition) is 6. The average molecular weight is 362 g/mol. The predicted octanol–water partition coefficient (Wildman–Crippen LogP) is 1.59. The van der Waals surface area contributed by atoms with Crippen molar-refractivity contribution in [2.24, 2.45) is 0 Å². The van der Waals surface area contributed by atoms with Crippen LogP contribution in [0.25, 0.3) is 21.9 Å². The van der Waals surface area contributed by atoms with E-state index in [4.69, 9.17) is 0 Å². The molecule has 9 nitrogen and oxygen atoms in total. The van der Waals surface area contributed by atoms with Crippen LogP contribution in [0.3, 0.4) is 0 Å². The van der Waals surface area contributed by atoms with Gasteiger partial charge in [-0.25, -0.2) is 4.63 Å². The van der Waals surface area contributed by atoms with Crippen molar-refractivity contribution in [2.75, 3.05) is 24.5 Å². The van der Waals surface area contributed by atoms with Gasteiger partial charge in [-0.05, 0) is 46.7 Å². The van der Waals surface area contributed by atoms with Gasteiger partial charge in [-0.1, -0.05) is 0 Å². The van der Waals surface area contributed by atoms with E-state index in [1.54, 1.807) is 34.2 Å². The molecule has 4 aromatic rings. The maximum atomic E-state index is 12.8. The lowest BCUT2D eigenvalue weighted by molar-refractivity contribution is -0.120. The molecule has 1 N–H and O–H groups in total. The molecule has 0 bridgehead atoms. The first-order valence-corrected chi connectivity index (χ1v) is 8.44. The van der Waals surface area contributed by atoms with Crippen LogP contribution in [-0.4, -0.2) is 56.9 Å². The first-order valence-electron chi connectivity index (χ1n) is 8.44. The van der Waals surface area contributed by atoms with Gasteiger partial charge in [-0.3, -0.25) is 14.7 Å². The van der Waals surface area contributed by atoms with Crippen molar-refractivity contribution < 1.29 is 14.2 Å². The van der Waals surface area contributed by atoms with Crippen LogP contribution in [0.4, 0.5) is 5.69 Å². The summed E-state index contributed by atoms with van der Waals surface area (Å²) in [5.74, 6) is -0.334. The Morgan fingerprint density at radius 3 is 2.85 bits per heavy atom. The predicted molar refractivity (Wildman–Crippen MR) is 96.2 cm³/mol. The Morgan fingerprint density at radius 2 is 1.96 bits per heavy atom. The number of nitrogens with zero attached hydrogens (tertiary/aromatic N) is 5. The van der Waals surface area contributed by atoms with Gasteiger partial charge in [0.1, 0.15) is 17.6 Å². The number of rotatable bonds is 2. The smallest absolute Gasteiger partial charge is 0.254 e. The molecule has 0 radical (unpaired) electrons. The van der Waals surface area contributed by atoms with Crippen LogP contribution in [0, 0.1) is 0 Å². The first-order chi connectivity index (χ1) is 13.2. The zero-order valence-corrected chi connectivity index (χ0v) is 14.1. The Kier molecular flexibility index (Phi) is 3.39. The maximum absolute atomic E-state index is 12.8. The molecule has 9 heteroatoms. The number of aromatic amines is 1. The summed E-state index contributed by atoms with van der Waals surface area (Å²) in [4.78, 5) is 28.7. The highest BCUT2D eigenvalue weighted by Gasteiger charge is 2.29. The molecule has 2 aromatic carbocycles. The SMILES string of the molecule is O=C(c1ccc2nonc2c1)N1CCN(c2ccc3[nH]ncc3c2)C(=O)C1. The van der Waals surface area contributed by atoms with Gasteiger partial charge in [0.05, 0.1) is 11.7 Å². The van der Waals surface area contributed by atoms with E-state index in [1.165, 1.54) is 0 Å². The van der Waals surface area contributed by atoms with E-state index in [0.717, 1.165) is 16.6 Å². The quantitative estimate of drug-likeness (QED) is 0.580. The number of H-pyrrole nitrogens is 1. The van der Waals surface area contributed by atoms with Crippen LogP contribution in [-0.2, 0) is 4.79 Å². The molecule has 0 spiro atoms. The maximum Gasteiger partial charge on any atom is 0.254 e. The number of nitrogens with one attached hydrogen (secondary N) is 1. The van der Waals surface area contributed by atoms with Crippen molar-refractivity contribution in [1.82, 2.24) is 25.4 Å². The number of fused-ring (bicyclic) bond motifs is 2. The molecule has 27 heavy (non-hydrogen) atoms. The van der Waals surface area contributed by atoms with Gasteiger partial charge >= 0.3 is 0 Å². The minimum atomic E-state index is -0.210. The fourth-order valence-electron chi connectivity index (χ4n) is 3.32.